The van der Waals surface area contributed by atoms with Gasteiger partial charge in [-0.25, -0.2) is 0 Å². The third kappa shape index (κ3) is 7.52. The highest BCUT2D eigenvalue weighted by Gasteiger charge is 1.97. The minimum Gasteiger partial charge on any atom is -0.380 e. The van der Waals surface area contributed by atoms with Gasteiger partial charge in [0.05, 0.1) is 19.2 Å². The van der Waals surface area contributed by atoms with Crippen LogP contribution >= 0.6 is 0 Å². The van der Waals surface area contributed by atoms with Crippen LogP contribution in [0.25, 0.3) is 0 Å². The van der Waals surface area contributed by atoms with E-state index in [1.165, 1.54) is 0 Å². The lowest BCUT2D eigenvalue weighted by molar-refractivity contribution is 0.0941. The zero-order valence-electron chi connectivity index (χ0n) is 8.21. The molecule has 0 N–H and O–H groups in total. The Morgan fingerprint density at radius 2 is 2.17 bits per heavy atom. The fourth-order valence-electron chi connectivity index (χ4n) is 0.739. The molecule has 0 amide bonds. The van der Waals surface area contributed by atoms with Crippen molar-refractivity contribution in [2.24, 2.45) is 5.92 Å². The summed E-state index contributed by atoms with van der Waals surface area (Å²) in [4.78, 5) is 1.94. The molecule has 0 fully saturated rings. The van der Waals surface area contributed by atoms with E-state index in [9.17, 15) is 0 Å². The third-order valence-corrected chi connectivity index (χ3v) is 1.41. The molecular formula is C9H18N2O. The van der Waals surface area contributed by atoms with E-state index < -0.39 is 0 Å². The molecule has 0 rings (SSSR count). The number of nitriles is 1. The molecule has 12 heavy (non-hydrogen) atoms. The van der Waals surface area contributed by atoms with Crippen molar-refractivity contribution in [3.63, 3.8) is 0 Å². The van der Waals surface area contributed by atoms with Crippen LogP contribution in [0, 0.1) is 17.2 Å². The maximum Gasteiger partial charge on any atom is 0.0864 e. The molecular weight excluding hydrogens is 152 g/mol. The lowest BCUT2D eigenvalue weighted by Gasteiger charge is -2.12. The summed E-state index contributed by atoms with van der Waals surface area (Å²) in [5, 5.41) is 8.35. The molecule has 0 radical (unpaired) electrons. The van der Waals surface area contributed by atoms with E-state index in [1.54, 1.807) is 0 Å². The van der Waals surface area contributed by atoms with E-state index in [0.29, 0.717) is 12.5 Å². The molecule has 0 spiro atoms. The Morgan fingerprint density at radius 1 is 1.50 bits per heavy atom. The maximum atomic E-state index is 8.35. The second-order valence-electron chi connectivity index (χ2n) is 3.36. The third-order valence-electron chi connectivity index (χ3n) is 1.41. The first-order valence-corrected chi connectivity index (χ1v) is 4.30. The molecule has 0 aromatic rings. The predicted molar refractivity (Wildman–Crippen MR) is 48.8 cm³/mol. The number of rotatable bonds is 6. The first-order chi connectivity index (χ1) is 5.66. The quantitative estimate of drug-likeness (QED) is 0.442. The van der Waals surface area contributed by atoms with Crippen LogP contribution in [-0.2, 0) is 4.74 Å². The van der Waals surface area contributed by atoms with Gasteiger partial charge in [0.2, 0.25) is 0 Å². The number of ether oxygens (including phenoxy) is 1. The van der Waals surface area contributed by atoms with Gasteiger partial charge in [-0.2, -0.15) is 5.26 Å². The van der Waals surface area contributed by atoms with Crippen LogP contribution in [-0.4, -0.2) is 38.3 Å². The lowest BCUT2D eigenvalue weighted by Crippen LogP contribution is -2.24. The monoisotopic (exact) mass is 170 g/mol. The number of nitrogens with zero attached hydrogens (tertiary/aromatic N) is 2. The van der Waals surface area contributed by atoms with E-state index in [4.69, 9.17) is 10.00 Å². The van der Waals surface area contributed by atoms with Crippen molar-refractivity contribution in [3.8, 4) is 6.07 Å². The Kier molecular flexibility index (Phi) is 6.73. The summed E-state index contributed by atoms with van der Waals surface area (Å²) >= 11 is 0. The highest BCUT2D eigenvalue weighted by Crippen LogP contribution is 1.92. The van der Waals surface area contributed by atoms with Crippen molar-refractivity contribution in [2.75, 3.05) is 33.4 Å². The average Bonchev–Trinajstić information content (AvgIpc) is 1.98. The van der Waals surface area contributed by atoms with Crippen molar-refractivity contribution in [1.29, 1.82) is 5.26 Å². The average molecular weight is 170 g/mol. The van der Waals surface area contributed by atoms with Crippen LogP contribution in [0.5, 0.6) is 0 Å². The Hall–Kier alpha value is -0.590. The molecule has 0 aromatic carbocycles. The molecule has 0 aliphatic heterocycles. The largest absolute Gasteiger partial charge is 0.380 e. The van der Waals surface area contributed by atoms with Crippen molar-refractivity contribution < 1.29 is 4.74 Å². The Labute approximate surface area is 74.9 Å². The normalized spacial score (nSPS) is 10.7. The van der Waals surface area contributed by atoms with E-state index in [1.807, 2.05) is 11.9 Å². The lowest BCUT2D eigenvalue weighted by atomic mass is 10.2. The molecule has 0 saturated heterocycles. The minimum absolute atomic E-state index is 0.477. The number of hydrogen-bond donors (Lipinski definition) is 0. The molecule has 3 heteroatoms. The molecule has 0 aliphatic rings. The van der Waals surface area contributed by atoms with Crippen molar-refractivity contribution >= 4 is 0 Å². The van der Waals surface area contributed by atoms with Crippen LogP contribution in [0.3, 0.4) is 0 Å². The van der Waals surface area contributed by atoms with Gasteiger partial charge >= 0.3 is 0 Å². The molecule has 0 saturated carbocycles. The number of hydrogen-bond acceptors (Lipinski definition) is 3. The molecule has 0 heterocycles. The van der Waals surface area contributed by atoms with Crippen LogP contribution in [0.2, 0.25) is 0 Å². The van der Waals surface area contributed by atoms with Gasteiger partial charge in [0.25, 0.3) is 0 Å². The van der Waals surface area contributed by atoms with Gasteiger partial charge in [-0.05, 0) is 13.0 Å². The molecule has 0 unspecified atom stereocenters. The summed E-state index contributed by atoms with van der Waals surface area (Å²) in [7, 11) is 1.92. The van der Waals surface area contributed by atoms with Gasteiger partial charge in [-0.15, -0.1) is 0 Å². The molecule has 0 aliphatic carbocycles. The first kappa shape index (κ1) is 11.4. The first-order valence-electron chi connectivity index (χ1n) is 4.30. The smallest absolute Gasteiger partial charge is 0.0864 e. The molecule has 3 nitrogen and oxygen atoms in total. The topological polar surface area (TPSA) is 36.3 Å². The molecule has 70 valence electrons. The summed E-state index contributed by atoms with van der Waals surface area (Å²) in [6, 6.07) is 2.09. The Balaban J connectivity index is 3.15. The fourth-order valence-corrected chi connectivity index (χ4v) is 0.739. The predicted octanol–water partition coefficient (Wildman–Crippen LogP) is 1.11. The highest BCUT2D eigenvalue weighted by molar-refractivity contribution is 4.73. The van der Waals surface area contributed by atoms with Crippen LogP contribution < -0.4 is 0 Å². The summed E-state index contributed by atoms with van der Waals surface area (Å²) < 4.78 is 5.36. The van der Waals surface area contributed by atoms with Gasteiger partial charge in [-0.3, -0.25) is 4.90 Å². The highest BCUT2D eigenvalue weighted by atomic mass is 16.5. The Morgan fingerprint density at radius 3 is 2.67 bits per heavy atom. The second kappa shape index (κ2) is 7.08. The van der Waals surface area contributed by atoms with Crippen LogP contribution in [0.15, 0.2) is 0 Å². The van der Waals surface area contributed by atoms with Crippen LogP contribution in [0.4, 0.5) is 0 Å². The van der Waals surface area contributed by atoms with E-state index in [0.717, 1.165) is 19.8 Å². The zero-order valence-corrected chi connectivity index (χ0v) is 8.21. The summed E-state index contributed by atoms with van der Waals surface area (Å²) in [6.07, 6.45) is 0. The van der Waals surface area contributed by atoms with Gasteiger partial charge < -0.3 is 4.74 Å². The van der Waals surface area contributed by atoms with Gasteiger partial charge in [0.1, 0.15) is 0 Å². The molecule has 0 atom stereocenters. The van der Waals surface area contributed by atoms with Gasteiger partial charge in [-0.1, -0.05) is 13.8 Å². The van der Waals surface area contributed by atoms with Gasteiger partial charge in [0.15, 0.2) is 0 Å². The van der Waals surface area contributed by atoms with Crippen molar-refractivity contribution in [1.82, 2.24) is 4.90 Å². The Bertz CT molecular complexity index is 140. The SMILES string of the molecule is CC(C)COCCN(C)CC#N. The zero-order chi connectivity index (χ0) is 9.40. The number of likely N-dealkylation sites (N-methyl/N-ethyl adjacent to an activating group) is 1. The standard InChI is InChI=1S/C9H18N2O/c1-9(2)8-12-7-6-11(3)5-4-10/h9H,5-8H2,1-3H3. The summed E-state index contributed by atoms with van der Waals surface area (Å²) in [6.45, 7) is 7.08. The minimum atomic E-state index is 0.477. The fraction of sp³-hybridized carbons (Fsp3) is 0.889. The summed E-state index contributed by atoms with van der Waals surface area (Å²) in [5.41, 5.74) is 0. The van der Waals surface area contributed by atoms with E-state index >= 15 is 0 Å². The van der Waals surface area contributed by atoms with Crippen molar-refractivity contribution in [2.45, 2.75) is 13.8 Å². The molecule has 0 aromatic heterocycles. The van der Waals surface area contributed by atoms with Gasteiger partial charge in [0, 0.05) is 13.2 Å². The van der Waals surface area contributed by atoms with E-state index in [-0.39, 0.29) is 0 Å². The second-order valence-corrected chi connectivity index (χ2v) is 3.36. The van der Waals surface area contributed by atoms with E-state index in [2.05, 4.69) is 19.9 Å². The molecule has 0 bridgehead atoms. The van der Waals surface area contributed by atoms with Crippen molar-refractivity contribution in [3.05, 3.63) is 0 Å². The van der Waals surface area contributed by atoms with Crippen LogP contribution in [0.1, 0.15) is 13.8 Å². The maximum absolute atomic E-state index is 8.35. The summed E-state index contributed by atoms with van der Waals surface area (Å²) in [5.74, 6) is 0.589.